The quantitative estimate of drug-likeness (QED) is 0.695. The highest BCUT2D eigenvalue weighted by Crippen LogP contribution is 2.33. The first kappa shape index (κ1) is 17.4. The molecule has 142 valence electrons. The number of nitrogens with zero attached hydrogens (tertiary/aromatic N) is 2. The fraction of sp³-hybridized carbons (Fsp3) is 0.320. The SMILES string of the molecule is O=C(c1ccc2c3c(cccc13)CC2)N1CCN(CCc2ccccc2)CC1. The van der Waals surface area contributed by atoms with Crippen LogP contribution in [0.15, 0.2) is 60.7 Å². The van der Waals surface area contributed by atoms with Crippen molar-refractivity contribution >= 4 is 16.7 Å². The summed E-state index contributed by atoms with van der Waals surface area (Å²) >= 11 is 0. The van der Waals surface area contributed by atoms with Gasteiger partial charge in [0, 0.05) is 38.3 Å². The lowest BCUT2D eigenvalue weighted by molar-refractivity contribution is 0.0640. The van der Waals surface area contributed by atoms with Crippen LogP contribution in [0.3, 0.4) is 0 Å². The molecule has 0 aromatic heterocycles. The van der Waals surface area contributed by atoms with Crippen LogP contribution in [0, 0.1) is 0 Å². The van der Waals surface area contributed by atoms with E-state index >= 15 is 0 Å². The van der Waals surface area contributed by atoms with Gasteiger partial charge in [-0.2, -0.15) is 0 Å². The molecule has 3 aromatic rings. The fourth-order valence-corrected chi connectivity index (χ4v) is 4.71. The first-order valence-electron chi connectivity index (χ1n) is 10.4. The number of carbonyl (C=O) groups excluding carboxylic acids is 1. The van der Waals surface area contributed by atoms with Crippen LogP contribution in [0.25, 0.3) is 10.8 Å². The highest BCUT2D eigenvalue weighted by molar-refractivity contribution is 6.09. The summed E-state index contributed by atoms with van der Waals surface area (Å²) < 4.78 is 0. The van der Waals surface area contributed by atoms with Crippen molar-refractivity contribution < 1.29 is 4.79 Å². The summed E-state index contributed by atoms with van der Waals surface area (Å²) in [7, 11) is 0. The minimum Gasteiger partial charge on any atom is -0.336 e. The maximum atomic E-state index is 13.3. The van der Waals surface area contributed by atoms with Gasteiger partial charge in [-0.3, -0.25) is 9.69 Å². The molecule has 0 spiro atoms. The van der Waals surface area contributed by atoms with Gasteiger partial charge < -0.3 is 4.90 Å². The summed E-state index contributed by atoms with van der Waals surface area (Å²) in [6, 6.07) is 21.3. The molecule has 3 nitrogen and oxygen atoms in total. The molecule has 0 unspecified atom stereocenters. The van der Waals surface area contributed by atoms with E-state index in [9.17, 15) is 4.79 Å². The number of hydrogen-bond acceptors (Lipinski definition) is 2. The van der Waals surface area contributed by atoms with E-state index in [1.54, 1.807) is 0 Å². The first-order chi connectivity index (χ1) is 13.8. The van der Waals surface area contributed by atoms with Crippen LogP contribution in [0.4, 0.5) is 0 Å². The maximum Gasteiger partial charge on any atom is 0.254 e. The summed E-state index contributed by atoms with van der Waals surface area (Å²) in [5.41, 5.74) is 5.05. The average Bonchev–Trinajstić information content (AvgIpc) is 3.18. The highest BCUT2D eigenvalue weighted by atomic mass is 16.2. The number of hydrogen-bond donors (Lipinski definition) is 0. The molecule has 1 heterocycles. The van der Waals surface area contributed by atoms with Crippen molar-refractivity contribution in [1.82, 2.24) is 9.80 Å². The van der Waals surface area contributed by atoms with Crippen molar-refractivity contribution in [2.45, 2.75) is 19.3 Å². The van der Waals surface area contributed by atoms with Crippen molar-refractivity contribution in [3.8, 4) is 0 Å². The average molecular weight is 370 g/mol. The van der Waals surface area contributed by atoms with Crippen molar-refractivity contribution in [2.24, 2.45) is 0 Å². The summed E-state index contributed by atoms with van der Waals surface area (Å²) in [5, 5.41) is 2.47. The Bertz CT molecular complexity index is 993. The molecular weight excluding hydrogens is 344 g/mol. The van der Waals surface area contributed by atoms with Crippen LogP contribution >= 0.6 is 0 Å². The number of benzene rings is 3. The van der Waals surface area contributed by atoms with Gasteiger partial charge in [0.25, 0.3) is 5.91 Å². The molecule has 1 aliphatic carbocycles. The van der Waals surface area contributed by atoms with E-state index in [0.29, 0.717) is 0 Å². The van der Waals surface area contributed by atoms with E-state index in [1.807, 2.05) is 4.90 Å². The minimum atomic E-state index is 0.193. The Morgan fingerprint density at radius 3 is 2.32 bits per heavy atom. The molecule has 3 heteroatoms. The van der Waals surface area contributed by atoms with Gasteiger partial charge >= 0.3 is 0 Å². The van der Waals surface area contributed by atoms with Crippen molar-refractivity contribution in [3.63, 3.8) is 0 Å². The second-order valence-corrected chi connectivity index (χ2v) is 7.98. The Morgan fingerprint density at radius 2 is 1.54 bits per heavy atom. The normalized spacial score (nSPS) is 16.6. The predicted molar refractivity (Wildman–Crippen MR) is 114 cm³/mol. The number of rotatable bonds is 4. The van der Waals surface area contributed by atoms with Crippen molar-refractivity contribution in [1.29, 1.82) is 0 Å². The van der Waals surface area contributed by atoms with Gasteiger partial charge in [0.15, 0.2) is 0 Å². The molecule has 0 saturated carbocycles. The maximum absolute atomic E-state index is 13.3. The summed E-state index contributed by atoms with van der Waals surface area (Å²) in [6.07, 6.45) is 3.28. The Labute approximate surface area is 166 Å². The smallest absolute Gasteiger partial charge is 0.254 e. The van der Waals surface area contributed by atoms with Gasteiger partial charge in [0.2, 0.25) is 0 Å². The van der Waals surface area contributed by atoms with Gasteiger partial charge in [-0.1, -0.05) is 54.6 Å². The second kappa shape index (κ2) is 7.40. The molecule has 1 aliphatic heterocycles. The second-order valence-electron chi connectivity index (χ2n) is 7.98. The number of aryl methyl sites for hydroxylation is 2. The Balaban J connectivity index is 1.26. The van der Waals surface area contributed by atoms with E-state index in [1.165, 1.54) is 22.1 Å². The van der Waals surface area contributed by atoms with Crippen LogP contribution in [-0.4, -0.2) is 48.4 Å². The molecule has 3 aromatic carbocycles. The van der Waals surface area contributed by atoms with Crippen LogP contribution in [0.2, 0.25) is 0 Å². The van der Waals surface area contributed by atoms with Gasteiger partial charge in [0.05, 0.1) is 0 Å². The topological polar surface area (TPSA) is 23.6 Å². The molecule has 5 rings (SSSR count). The van der Waals surface area contributed by atoms with E-state index in [0.717, 1.165) is 62.9 Å². The van der Waals surface area contributed by atoms with Gasteiger partial charge in [0.1, 0.15) is 0 Å². The number of piperazine rings is 1. The highest BCUT2D eigenvalue weighted by Gasteiger charge is 2.25. The zero-order chi connectivity index (χ0) is 18.9. The summed E-state index contributed by atoms with van der Waals surface area (Å²) in [5.74, 6) is 0.193. The van der Waals surface area contributed by atoms with Crippen molar-refractivity contribution in [2.75, 3.05) is 32.7 Å². The molecule has 1 saturated heterocycles. The number of carbonyl (C=O) groups is 1. The fourth-order valence-electron chi connectivity index (χ4n) is 4.71. The minimum absolute atomic E-state index is 0.193. The van der Waals surface area contributed by atoms with E-state index < -0.39 is 0 Å². The number of amides is 1. The molecule has 1 amide bonds. The van der Waals surface area contributed by atoms with E-state index in [-0.39, 0.29) is 5.91 Å². The zero-order valence-corrected chi connectivity index (χ0v) is 16.2. The molecule has 28 heavy (non-hydrogen) atoms. The zero-order valence-electron chi connectivity index (χ0n) is 16.2. The lowest BCUT2D eigenvalue weighted by Gasteiger charge is -2.35. The molecule has 0 N–H and O–H groups in total. The van der Waals surface area contributed by atoms with Crippen LogP contribution in [-0.2, 0) is 19.3 Å². The van der Waals surface area contributed by atoms with Crippen LogP contribution in [0.1, 0.15) is 27.0 Å². The predicted octanol–water partition coefficient (Wildman–Crippen LogP) is 3.94. The van der Waals surface area contributed by atoms with Gasteiger partial charge in [-0.25, -0.2) is 0 Å². The molecule has 2 aliphatic rings. The monoisotopic (exact) mass is 370 g/mol. The largest absolute Gasteiger partial charge is 0.336 e. The first-order valence-corrected chi connectivity index (χ1v) is 10.4. The molecule has 0 bridgehead atoms. The third-order valence-electron chi connectivity index (χ3n) is 6.33. The Hall–Kier alpha value is -2.65. The lowest BCUT2D eigenvalue weighted by atomic mass is 9.99. The molecule has 0 atom stereocenters. The summed E-state index contributed by atoms with van der Waals surface area (Å²) in [6.45, 7) is 4.61. The van der Waals surface area contributed by atoms with E-state index in [4.69, 9.17) is 0 Å². The lowest BCUT2D eigenvalue weighted by Crippen LogP contribution is -2.49. The van der Waals surface area contributed by atoms with Crippen LogP contribution in [0.5, 0.6) is 0 Å². The van der Waals surface area contributed by atoms with Gasteiger partial charge in [-0.15, -0.1) is 0 Å². The molecule has 1 fully saturated rings. The molecule has 0 radical (unpaired) electrons. The standard InChI is InChI=1S/C25H26N2O/c28-25(23-12-11-21-10-9-20-7-4-8-22(23)24(20)21)27-17-15-26(16-18-27)14-13-19-5-2-1-3-6-19/h1-8,11-12H,9-10,13-18H2. The van der Waals surface area contributed by atoms with E-state index in [2.05, 4.69) is 65.6 Å². The van der Waals surface area contributed by atoms with Gasteiger partial charge in [-0.05, 0) is 52.8 Å². The van der Waals surface area contributed by atoms with Crippen LogP contribution < -0.4 is 0 Å². The Kier molecular flexibility index (Phi) is 4.61. The van der Waals surface area contributed by atoms with Crippen molar-refractivity contribution in [3.05, 3.63) is 82.9 Å². The third-order valence-corrected chi connectivity index (χ3v) is 6.33. The summed E-state index contributed by atoms with van der Waals surface area (Å²) in [4.78, 5) is 17.8. The third kappa shape index (κ3) is 3.20. The molecular formula is C25H26N2O. The Morgan fingerprint density at radius 1 is 0.786 bits per heavy atom.